The number of nitrogens with zero attached hydrogens (tertiary/aromatic N) is 4. The van der Waals surface area contributed by atoms with E-state index < -0.39 is 12.0 Å². The molecule has 2 fully saturated rings. The average Bonchev–Trinajstić information content (AvgIpc) is 3.58. The van der Waals surface area contributed by atoms with Crippen LogP contribution < -0.4 is 14.2 Å². The van der Waals surface area contributed by atoms with Gasteiger partial charge in [0.1, 0.15) is 42.6 Å². The molecule has 6 rings (SSSR count). The number of pyridine rings is 1. The Kier molecular flexibility index (Phi) is 12.6. The van der Waals surface area contributed by atoms with Gasteiger partial charge in [-0.2, -0.15) is 5.26 Å². The Morgan fingerprint density at radius 1 is 0.925 bits per heavy atom. The molecule has 2 N–H and O–H groups in total. The topological polar surface area (TPSA) is 128 Å². The number of aliphatic carboxylic acids is 1. The van der Waals surface area contributed by atoms with Gasteiger partial charge in [0.2, 0.25) is 0 Å². The Bertz CT molecular complexity index is 1940. The van der Waals surface area contributed by atoms with Gasteiger partial charge in [-0.3, -0.25) is 14.7 Å². The fourth-order valence-corrected chi connectivity index (χ4v) is 7.46. The fourth-order valence-electron chi connectivity index (χ4n) is 7.46. The molecule has 0 bridgehead atoms. The Morgan fingerprint density at radius 3 is 2.51 bits per heavy atom. The summed E-state index contributed by atoms with van der Waals surface area (Å²) in [6, 6.07) is 19.7. The molecule has 2 aliphatic rings. The Hall–Kier alpha value is -4.95. The molecule has 53 heavy (non-hydrogen) atoms. The van der Waals surface area contributed by atoms with Crippen molar-refractivity contribution in [3.63, 3.8) is 0 Å². The van der Waals surface area contributed by atoms with Gasteiger partial charge in [-0.05, 0) is 105 Å². The molecule has 0 radical (unpaired) electrons. The molecule has 3 aromatic carbocycles. The molecule has 2 aliphatic heterocycles. The van der Waals surface area contributed by atoms with Crippen LogP contribution >= 0.6 is 0 Å². The minimum Gasteiger partial charge on any atom is -0.493 e. The number of carboxylic acids is 1. The first-order valence-electron chi connectivity index (χ1n) is 18.6. The van der Waals surface area contributed by atoms with E-state index in [9.17, 15) is 20.3 Å². The van der Waals surface area contributed by atoms with Crippen molar-refractivity contribution >= 4 is 5.97 Å². The normalized spacial score (nSPS) is 17.7. The third-order valence-electron chi connectivity index (χ3n) is 10.5. The zero-order chi connectivity index (χ0) is 37.3. The highest BCUT2D eigenvalue weighted by atomic mass is 16.5. The summed E-state index contributed by atoms with van der Waals surface area (Å²) in [7, 11) is 0. The highest BCUT2D eigenvalue weighted by molar-refractivity contribution is 5.74. The number of rotatable bonds is 15. The summed E-state index contributed by atoms with van der Waals surface area (Å²) >= 11 is 0. The smallest absolute Gasteiger partial charge is 0.320 e. The van der Waals surface area contributed by atoms with Crippen molar-refractivity contribution in [1.29, 1.82) is 5.26 Å². The minimum atomic E-state index is -0.800. The van der Waals surface area contributed by atoms with Crippen molar-refractivity contribution in [1.82, 2.24) is 14.8 Å². The van der Waals surface area contributed by atoms with Crippen LogP contribution in [0.4, 0.5) is 0 Å². The van der Waals surface area contributed by atoms with Crippen LogP contribution in [0.3, 0.4) is 0 Å². The van der Waals surface area contributed by atoms with Crippen molar-refractivity contribution in [2.45, 2.75) is 84.8 Å². The van der Waals surface area contributed by atoms with Crippen LogP contribution in [-0.4, -0.2) is 75.9 Å². The largest absolute Gasteiger partial charge is 0.493 e. The number of aryl methyl sites for hydroxylation is 1. The first kappa shape index (κ1) is 37.8. The number of carboxylic acid groups (broad SMARTS) is 1. The maximum absolute atomic E-state index is 12.1. The number of ether oxygens (including phenoxy) is 3. The summed E-state index contributed by atoms with van der Waals surface area (Å²) in [5.41, 5.74) is 8.60. The van der Waals surface area contributed by atoms with E-state index in [1.54, 1.807) is 12.3 Å². The molecule has 0 spiro atoms. The molecule has 4 aromatic rings. The molecule has 2 saturated heterocycles. The molecule has 278 valence electrons. The third-order valence-corrected chi connectivity index (χ3v) is 10.5. The maximum atomic E-state index is 12.1. The quantitative estimate of drug-likeness (QED) is 0.124. The molecular weight excluding hydrogens is 668 g/mol. The first-order chi connectivity index (χ1) is 25.7. The molecule has 10 nitrogen and oxygen atoms in total. The molecule has 0 amide bonds. The van der Waals surface area contributed by atoms with Gasteiger partial charge in [0.05, 0.1) is 18.3 Å². The van der Waals surface area contributed by atoms with E-state index in [1.807, 2.05) is 36.1 Å². The molecule has 10 heteroatoms. The fraction of sp³-hybridized carbons (Fsp3) is 0.419. The number of aromatic nitrogens is 1. The number of aliphatic hydroxyl groups excluding tert-OH is 1. The van der Waals surface area contributed by atoms with E-state index in [2.05, 4.69) is 54.1 Å². The second-order valence-corrected chi connectivity index (χ2v) is 14.3. The van der Waals surface area contributed by atoms with Crippen molar-refractivity contribution < 1.29 is 29.2 Å². The number of nitriles is 1. The summed E-state index contributed by atoms with van der Waals surface area (Å²) in [6.45, 7) is 11.2. The maximum Gasteiger partial charge on any atom is 0.320 e. The number of likely N-dealkylation sites (tertiary alicyclic amines) is 2. The van der Waals surface area contributed by atoms with Crippen molar-refractivity contribution in [3.8, 4) is 34.4 Å². The predicted molar refractivity (Wildman–Crippen MR) is 203 cm³/mol. The second-order valence-electron chi connectivity index (χ2n) is 14.3. The Balaban J connectivity index is 1.18. The zero-order valence-electron chi connectivity index (χ0n) is 31.0. The Morgan fingerprint density at radius 2 is 1.74 bits per heavy atom. The number of aliphatic hydroxyl groups is 1. The highest BCUT2D eigenvalue weighted by Gasteiger charge is 2.30. The number of benzene rings is 3. The van der Waals surface area contributed by atoms with Crippen LogP contribution in [0.2, 0.25) is 0 Å². The standard InChI is InChI=1S/C43H50N4O6/c1-29-19-36(21-42(53-27-33-20-32(22-44)23-45-24-33)39(29)26-47-16-5-4-12-40(47)43(49)50)52-28-34-9-6-10-37(30(34)2)38-11-7-13-41(31(38)3)51-18-8-15-46-17-14-35(48)25-46/h6-7,9-11,13,19-21,23-24,35,40,48H,4-5,8,12,14-18,25-28H2,1-3H3,(H,49,50). The molecule has 3 heterocycles. The van der Waals surface area contributed by atoms with Crippen LogP contribution in [0.1, 0.15) is 71.0 Å². The van der Waals surface area contributed by atoms with Gasteiger partial charge < -0.3 is 29.3 Å². The van der Waals surface area contributed by atoms with Gasteiger partial charge in [0.15, 0.2) is 0 Å². The molecule has 0 aliphatic carbocycles. The van der Waals surface area contributed by atoms with Gasteiger partial charge in [0, 0.05) is 55.8 Å². The number of hydrogen-bond acceptors (Lipinski definition) is 9. The lowest BCUT2D eigenvalue weighted by Gasteiger charge is -2.33. The Labute approximate surface area is 312 Å². The third kappa shape index (κ3) is 9.54. The molecular formula is C43H50N4O6. The van der Waals surface area contributed by atoms with E-state index in [1.165, 1.54) is 6.20 Å². The number of hydrogen-bond donors (Lipinski definition) is 2. The van der Waals surface area contributed by atoms with Crippen molar-refractivity contribution in [2.24, 2.45) is 0 Å². The van der Waals surface area contributed by atoms with E-state index in [4.69, 9.17) is 14.2 Å². The van der Waals surface area contributed by atoms with Gasteiger partial charge in [-0.1, -0.05) is 36.8 Å². The van der Waals surface area contributed by atoms with E-state index in [-0.39, 0.29) is 12.7 Å². The summed E-state index contributed by atoms with van der Waals surface area (Å²) in [6.07, 6.45) is 7.22. The van der Waals surface area contributed by atoms with Crippen molar-refractivity contribution in [2.75, 3.05) is 32.8 Å². The lowest BCUT2D eigenvalue weighted by atomic mass is 9.93. The molecule has 0 saturated carbocycles. The van der Waals surface area contributed by atoms with Crippen LogP contribution in [0.15, 0.2) is 67.0 Å². The molecule has 2 atom stereocenters. The van der Waals surface area contributed by atoms with Crippen LogP contribution in [0.25, 0.3) is 11.1 Å². The first-order valence-corrected chi connectivity index (χ1v) is 18.6. The summed E-state index contributed by atoms with van der Waals surface area (Å²) in [5, 5.41) is 29.1. The lowest BCUT2D eigenvalue weighted by Crippen LogP contribution is -2.44. The predicted octanol–water partition coefficient (Wildman–Crippen LogP) is 6.98. The SMILES string of the molecule is Cc1cc(OCc2cccc(-c3cccc(OCCCN4CCC(O)C4)c3C)c2C)cc(OCc2cncc(C#N)c2)c1CN1CCCCC1C(=O)O. The summed E-state index contributed by atoms with van der Waals surface area (Å²) in [5.74, 6) is 1.35. The minimum absolute atomic E-state index is 0.201. The number of β-amino-alcohol motifs (C(OH)–C–C–N with tert-alkyl or cyclic N) is 1. The van der Waals surface area contributed by atoms with Gasteiger partial charge in [-0.15, -0.1) is 0 Å². The molecule has 1 aromatic heterocycles. The van der Waals surface area contributed by atoms with E-state index in [0.29, 0.717) is 49.8 Å². The second kappa shape index (κ2) is 17.7. The average molecular weight is 719 g/mol. The van der Waals surface area contributed by atoms with Crippen LogP contribution in [-0.2, 0) is 24.6 Å². The van der Waals surface area contributed by atoms with Gasteiger partial charge in [-0.25, -0.2) is 0 Å². The highest BCUT2D eigenvalue weighted by Crippen LogP contribution is 2.35. The lowest BCUT2D eigenvalue weighted by molar-refractivity contribution is -0.144. The number of piperidine rings is 1. The van der Waals surface area contributed by atoms with Crippen LogP contribution in [0.5, 0.6) is 17.2 Å². The van der Waals surface area contributed by atoms with Crippen molar-refractivity contribution in [3.05, 3.63) is 106 Å². The number of carbonyl (C=O) groups is 1. The van der Waals surface area contributed by atoms with Gasteiger partial charge >= 0.3 is 5.97 Å². The van der Waals surface area contributed by atoms with Crippen LogP contribution in [0, 0.1) is 32.1 Å². The monoisotopic (exact) mass is 718 g/mol. The summed E-state index contributed by atoms with van der Waals surface area (Å²) in [4.78, 5) is 20.6. The summed E-state index contributed by atoms with van der Waals surface area (Å²) < 4.78 is 19.1. The molecule has 2 unspecified atom stereocenters. The van der Waals surface area contributed by atoms with E-state index in [0.717, 1.165) is 95.6 Å². The van der Waals surface area contributed by atoms with Gasteiger partial charge in [0.25, 0.3) is 0 Å². The van der Waals surface area contributed by atoms with E-state index >= 15 is 0 Å². The zero-order valence-corrected chi connectivity index (χ0v) is 31.0.